The molecule has 4 N–H and O–H groups in total. The van der Waals surface area contributed by atoms with Crippen molar-refractivity contribution in [1.29, 1.82) is 0 Å². The van der Waals surface area contributed by atoms with E-state index in [9.17, 15) is 18.0 Å². The van der Waals surface area contributed by atoms with Gasteiger partial charge in [-0.25, -0.2) is 9.78 Å². The van der Waals surface area contributed by atoms with Crippen LogP contribution in [0.2, 0.25) is 0 Å². The summed E-state index contributed by atoms with van der Waals surface area (Å²) in [6, 6.07) is 11.1. The fourth-order valence-electron chi connectivity index (χ4n) is 3.32. The summed E-state index contributed by atoms with van der Waals surface area (Å²) in [7, 11) is 1.74. The molecule has 0 bridgehead atoms. The number of aromatic amines is 1. The first-order valence-electron chi connectivity index (χ1n) is 11.0. The van der Waals surface area contributed by atoms with Gasteiger partial charge in [-0.3, -0.25) is 4.90 Å². The molecule has 11 heteroatoms. The molecule has 0 aliphatic carbocycles. The number of urea groups is 1. The lowest BCUT2D eigenvalue weighted by Crippen LogP contribution is -2.23. The predicted molar refractivity (Wildman–Crippen MR) is 128 cm³/mol. The van der Waals surface area contributed by atoms with E-state index in [2.05, 4.69) is 25.9 Å². The summed E-state index contributed by atoms with van der Waals surface area (Å²) in [6.07, 6.45) is -3.04. The lowest BCUT2D eigenvalue weighted by atomic mass is 10.1. The van der Waals surface area contributed by atoms with Crippen molar-refractivity contribution in [3.05, 3.63) is 66.0 Å². The Kier molecular flexibility index (Phi) is 8.48. The Morgan fingerprint density at radius 3 is 2.34 bits per heavy atom. The molecule has 0 saturated heterocycles. The van der Waals surface area contributed by atoms with Crippen LogP contribution in [0.4, 0.5) is 35.2 Å². The smallest absolute Gasteiger partial charge is 0.416 e. The number of halogens is 3. The molecule has 0 spiro atoms. The monoisotopic (exact) mass is 489 g/mol. The molecule has 0 aliphatic rings. The number of nitrogens with zero attached hydrogens (tertiary/aromatic N) is 2. The van der Waals surface area contributed by atoms with Gasteiger partial charge in [-0.2, -0.15) is 13.2 Å². The molecule has 0 saturated carbocycles. The summed E-state index contributed by atoms with van der Waals surface area (Å²) in [5, 5.41) is 8.02. The Hall–Kier alpha value is -3.86. The molecule has 0 radical (unpaired) electrons. The van der Waals surface area contributed by atoms with Crippen molar-refractivity contribution in [3.63, 3.8) is 0 Å². The van der Waals surface area contributed by atoms with Crippen molar-refractivity contribution in [1.82, 2.24) is 9.88 Å². The molecule has 0 aliphatic heterocycles. The first kappa shape index (κ1) is 25.8. The average molecular weight is 490 g/mol. The minimum atomic E-state index is -4.53. The van der Waals surface area contributed by atoms with E-state index in [1.165, 1.54) is 6.33 Å². The van der Waals surface area contributed by atoms with Crippen molar-refractivity contribution >= 4 is 23.2 Å². The topological polar surface area (TPSA) is 92.7 Å². The van der Waals surface area contributed by atoms with Crippen LogP contribution in [0.1, 0.15) is 25.0 Å². The number of carbonyl (C=O) groups is 1. The number of ether oxygens (including phenoxy) is 1. The minimum absolute atomic E-state index is 0.0630. The van der Waals surface area contributed by atoms with Crippen LogP contribution in [0.15, 0.2) is 54.9 Å². The van der Waals surface area contributed by atoms with Crippen LogP contribution in [0, 0.1) is 0 Å². The molecule has 3 rings (SSSR count). The Bertz CT molecular complexity index is 1130. The van der Waals surface area contributed by atoms with Gasteiger partial charge in [-0.05, 0) is 66.1 Å². The van der Waals surface area contributed by atoms with E-state index in [-0.39, 0.29) is 5.69 Å². The third-order valence-electron chi connectivity index (χ3n) is 5.15. The van der Waals surface area contributed by atoms with E-state index in [0.717, 1.165) is 12.1 Å². The van der Waals surface area contributed by atoms with E-state index in [1.807, 2.05) is 18.7 Å². The number of anilines is 3. The zero-order chi connectivity index (χ0) is 25.4. The average Bonchev–Trinajstić information content (AvgIpc) is 2.83. The van der Waals surface area contributed by atoms with E-state index >= 15 is 0 Å². The molecular formula is C24H28F3N6O2+. The summed E-state index contributed by atoms with van der Waals surface area (Å²) in [5.41, 5.74) is 0.163. The summed E-state index contributed by atoms with van der Waals surface area (Å²) in [5.74, 6) is 1.61. The van der Waals surface area contributed by atoms with Crippen LogP contribution in [0.5, 0.6) is 11.6 Å². The molecule has 186 valence electrons. The van der Waals surface area contributed by atoms with Gasteiger partial charge >= 0.3 is 12.2 Å². The zero-order valence-corrected chi connectivity index (χ0v) is 19.7. The molecular weight excluding hydrogens is 461 g/mol. The van der Waals surface area contributed by atoms with Crippen LogP contribution in [-0.4, -0.2) is 36.1 Å². The highest BCUT2D eigenvalue weighted by molar-refractivity contribution is 5.99. The largest absolute Gasteiger partial charge is 0.423 e. The zero-order valence-electron chi connectivity index (χ0n) is 19.7. The third kappa shape index (κ3) is 7.57. The molecule has 0 unspecified atom stereocenters. The highest BCUT2D eigenvalue weighted by atomic mass is 19.4. The maximum atomic E-state index is 13.4. The number of carbonyl (C=O) groups excluding carboxylic acids is 1. The quantitative estimate of drug-likeness (QED) is 0.383. The number of hydrogen-bond donors (Lipinski definition) is 3. The number of nitrogens with one attached hydrogen (secondary N) is 4. The summed E-state index contributed by atoms with van der Waals surface area (Å²) >= 11 is 0. The normalized spacial score (nSPS) is 11.3. The number of H-pyrrole nitrogens is 1. The molecule has 1 aromatic heterocycles. The highest BCUT2D eigenvalue weighted by Gasteiger charge is 2.31. The third-order valence-corrected chi connectivity index (χ3v) is 5.15. The standard InChI is InChI=1S/C24H27F3N6O2/c1-4-33(5-2)14-16-10-17(24(25,26)27)12-19(11-16)32-23(34)31-18-6-8-20(9-7-18)35-22-13-21(28-3)29-15-30-22/h6-13,15H,4-5,14H2,1-3H3,(H,28,29,30)(H2,31,32,34)/p+1. The maximum Gasteiger partial charge on any atom is 0.416 e. The van der Waals surface area contributed by atoms with Gasteiger partial charge in [-0.15, -0.1) is 0 Å². The second kappa shape index (κ2) is 11.5. The number of hydrogen-bond acceptors (Lipinski definition) is 5. The summed E-state index contributed by atoms with van der Waals surface area (Å²) < 4.78 is 45.9. The first-order chi connectivity index (χ1) is 16.7. The summed E-state index contributed by atoms with van der Waals surface area (Å²) in [6.45, 7) is 5.63. The van der Waals surface area contributed by atoms with Crippen LogP contribution in [-0.2, 0) is 12.7 Å². The van der Waals surface area contributed by atoms with Gasteiger partial charge in [0.25, 0.3) is 12.2 Å². The van der Waals surface area contributed by atoms with Gasteiger partial charge in [-0.1, -0.05) is 13.8 Å². The second-order valence-corrected chi connectivity index (χ2v) is 7.63. The molecule has 35 heavy (non-hydrogen) atoms. The predicted octanol–water partition coefficient (Wildman–Crippen LogP) is 5.23. The lowest BCUT2D eigenvalue weighted by molar-refractivity contribution is -0.395. The fraction of sp³-hybridized carbons (Fsp3) is 0.292. The van der Waals surface area contributed by atoms with Crippen LogP contribution < -0.4 is 25.7 Å². The number of rotatable bonds is 9. The maximum absolute atomic E-state index is 13.4. The van der Waals surface area contributed by atoms with Crippen molar-refractivity contribution in [3.8, 4) is 11.6 Å². The van der Waals surface area contributed by atoms with Crippen molar-refractivity contribution in [2.24, 2.45) is 0 Å². The van der Waals surface area contributed by atoms with Crippen LogP contribution in [0.3, 0.4) is 0 Å². The number of aromatic nitrogens is 2. The fourth-order valence-corrected chi connectivity index (χ4v) is 3.32. The highest BCUT2D eigenvalue weighted by Crippen LogP contribution is 2.32. The number of benzene rings is 2. The molecule has 8 nitrogen and oxygen atoms in total. The first-order valence-corrected chi connectivity index (χ1v) is 11.0. The Morgan fingerprint density at radius 1 is 1.03 bits per heavy atom. The molecule has 0 fully saturated rings. The van der Waals surface area contributed by atoms with Crippen LogP contribution >= 0.6 is 0 Å². The summed E-state index contributed by atoms with van der Waals surface area (Å²) in [4.78, 5) is 21.4. The minimum Gasteiger partial charge on any atom is -0.423 e. The molecule has 2 aromatic carbocycles. The van der Waals surface area contributed by atoms with Crippen molar-refractivity contribution in [2.45, 2.75) is 26.6 Å². The Labute approximate surface area is 201 Å². The molecule has 1 heterocycles. The number of alkyl halides is 3. The Balaban J connectivity index is 1.68. The lowest BCUT2D eigenvalue weighted by Gasteiger charge is -2.20. The second-order valence-electron chi connectivity index (χ2n) is 7.63. The van der Waals surface area contributed by atoms with Gasteiger partial charge in [0.2, 0.25) is 5.82 Å². The SMILES string of the molecule is CCN(CC)Cc1cc(NC(=O)Nc2ccc(Oc3cc(NC)nc[nH+]3)cc2)cc(C(F)(F)F)c1. The molecule has 0 atom stereocenters. The van der Waals surface area contributed by atoms with Gasteiger partial charge in [0.1, 0.15) is 5.75 Å². The van der Waals surface area contributed by atoms with Crippen LogP contribution in [0.25, 0.3) is 0 Å². The molecule has 2 amide bonds. The molecule has 3 aromatic rings. The number of amides is 2. The van der Waals surface area contributed by atoms with E-state index in [1.54, 1.807) is 43.4 Å². The van der Waals surface area contributed by atoms with E-state index in [0.29, 0.717) is 48.3 Å². The van der Waals surface area contributed by atoms with Crippen molar-refractivity contribution in [2.75, 3.05) is 36.1 Å². The Morgan fingerprint density at radius 2 is 1.71 bits per heavy atom. The van der Waals surface area contributed by atoms with Gasteiger partial charge in [0, 0.05) is 25.0 Å². The van der Waals surface area contributed by atoms with Gasteiger partial charge in [0.05, 0.1) is 11.6 Å². The van der Waals surface area contributed by atoms with Crippen molar-refractivity contribution < 1.29 is 27.7 Å². The van der Waals surface area contributed by atoms with E-state index < -0.39 is 17.8 Å². The van der Waals surface area contributed by atoms with Gasteiger partial charge < -0.3 is 20.7 Å². The van der Waals surface area contributed by atoms with E-state index in [4.69, 9.17) is 4.74 Å². The van der Waals surface area contributed by atoms with Gasteiger partial charge in [0.15, 0.2) is 0 Å².